The third kappa shape index (κ3) is 9.88. The van der Waals surface area contributed by atoms with Gasteiger partial charge in [-0.3, -0.25) is 14.7 Å². The average Bonchev–Trinajstić information content (AvgIpc) is 3.02. The van der Waals surface area contributed by atoms with Crippen LogP contribution in [0.3, 0.4) is 0 Å². The molecule has 0 bridgehead atoms. The number of esters is 1. The fraction of sp³-hybridized carbons (Fsp3) is 0.441. The summed E-state index contributed by atoms with van der Waals surface area (Å²) in [4.78, 5) is 34.6. The number of hydrogen-bond donors (Lipinski definition) is 1. The zero-order chi connectivity index (χ0) is 35.1. The number of hydrogen-bond acceptors (Lipinski definition) is 7. The van der Waals surface area contributed by atoms with Crippen LogP contribution in [0.25, 0.3) is 0 Å². The van der Waals surface area contributed by atoms with Crippen LogP contribution in [0.1, 0.15) is 49.6 Å². The first kappa shape index (κ1) is 37.0. The van der Waals surface area contributed by atoms with Crippen molar-refractivity contribution in [3.8, 4) is 0 Å². The van der Waals surface area contributed by atoms with Crippen molar-refractivity contribution in [2.75, 3.05) is 40.3 Å². The van der Waals surface area contributed by atoms with Gasteiger partial charge in [-0.05, 0) is 62.2 Å². The van der Waals surface area contributed by atoms with Gasteiger partial charge in [0.15, 0.2) is 0 Å². The van der Waals surface area contributed by atoms with Crippen molar-refractivity contribution in [1.29, 1.82) is 0 Å². The van der Waals surface area contributed by atoms with Crippen LogP contribution in [0.4, 0.5) is 22.4 Å². The van der Waals surface area contributed by atoms with Gasteiger partial charge in [-0.1, -0.05) is 41.9 Å². The molecule has 1 fully saturated rings. The Morgan fingerprint density at radius 3 is 2.35 bits per heavy atom. The Kier molecular flexibility index (Phi) is 12.1. The largest absolute Gasteiger partial charge is 0.469 e. The van der Waals surface area contributed by atoms with Crippen LogP contribution in [0.5, 0.6) is 0 Å². The molecule has 9 nitrogen and oxygen atoms in total. The first-order valence-corrected chi connectivity index (χ1v) is 15.6. The first-order chi connectivity index (χ1) is 22.6. The lowest BCUT2D eigenvalue weighted by Gasteiger charge is -2.43. The fourth-order valence-corrected chi connectivity index (χ4v) is 5.56. The lowest BCUT2D eigenvalue weighted by molar-refractivity contribution is -0.149. The molecule has 1 N–H and O–H groups in total. The maximum Gasteiger partial charge on any atom is 0.416 e. The van der Waals surface area contributed by atoms with Crippen LogP contribution in [-0.2, 0) is 37.1 Å². The molecule has 3 aromatic rings. The molecule has 2 atom stereocenters. The molecule has 2 amide bonds. The molecule has 1 unspecified atom stereocenters. The van der Waals surface area contributed by atoms with Crippen molar-refractivity contribution in [3.63, 3.8) is 0 Å². The topological polar surface area (TPSA) is 93.2 Å². The highest BCUT2D eigenvalue weighted by atomic mass is 35.5. The number of nitrogens with one attached hydrogen (secondary N) is 1. The third-order valence-electron chi connectivity index (χ3n) is 7.82. The fourth-order valence-electron chi connectivity index (χ4n) is 5.44. The Labute approximate surface area is 282 Å². The number of methoxy groups -OCH3 is 1. The summed E-state index contributed by atoms with van der Waals surface area (Å²) in [7, 11) is 1.24. The van der Waals surface area contributed by atoms with Crippen LogP contribution < -0.4 is 5.32 Å². The van der Waals surface area contributed by atoms with Crippen molar-refractivity contribution in [3.05, 3.63) is 100 Å². The van der Waals surface area contributed by atoms with E-state index in [1.54, 1.807) is 30.3 Å². The molecule has 14 heteroatoms. The average molecular weight is 695 g/mol. The maximum absolute atomic E-state index is 15.0. The Morgan fingerprint density at radius 1 is 1.02 bits per heavy atom. The van der Waals surface area contributed by atoms with Gasteiger partial charge in [-0.15, -0.1) is 0 Å². The van der Waals surface area contributed by atoms with Crippen LogP contribution in [0, 0.1) is 5.82 Å². The van der Waals surface area contributed by atoms with Gasteiger partial charge in [0.25, 0.3) is 0 Å². The number of amides is 2. The zero-order valence-corrected chi connectivity index (χ0v) is 27.9. The summed E-state index contributed by atoms with van der Waals surface area (Å²) in [5, 5.41) is 3.19. The molecule has 0 radical (unpaired) electrons. The summed E-state index contributed by atoms with van der Waals surface area (Å²) >= 11 is 6.13. The molecule has 2 aromatic carbocycles. The number of carbonyl (C=O) groups is 2. The number of rotatable bonds is 11. The van der Waals surface area contributed by atoms with Crippen molar-refractivity contribution >= 4 is 23.6 Å². The Balaban J connectivity index is 1.75. The number of pyridine rings is 1. The van der Waals surface area contributed by atoms with E-state index < -0.39 is 46.7 Å². The van der Waals surface area contributed by atoms with E-state index in [9.17, 15) is 22.8 Å². The first-order valence-electron chi connectivity index (χ1n) is 15.2. The van der Waals surface area contributed by atoms with Gasteiger partial charge in [-0.2, -0.15) is 13.2 Å². The summed E-state index contributed by atoms with van der Waals surface area (Å²) in [5.74, 6) is -1.71. The van der Waals surface area contributed by atoms with E-state index in [0.717, 1.165) is 12.1 Å². The summed E-state index contributed by atoms with van der Waals surface area (Å²) in [5.41, 5.74) is -2.89. The number of carbonyl (C=O) groups excluding carboxylic acids is 2. The smallest absolute Gasteiger partial charge is 0.416 e. The van der Waals surface area contributed by atoms with Crippen molar-refractivity contribution < 1.29 is 41.4 Å². The molecule has 48 heavy (non-hydrogen) atoms. The van der Waals surface area contributed by atoms with Gasteiger partial charge in [0, 0.05) is 32.3 Å². The number of ether oxygens (including phenoxy) is 3. The quantitative estimate of drug-likeness (QED) is 0.108. The molecule has 260 valence electrons. The molecule has 1 saturated heterocycles. The van der Waals surface area contributed by atoms with Crippen LogP contribution in [0.15, 0.2) is 66.9 Å². The van der Waals surface area contributed by atoms with Gasteiger partial charge in [0.05, 0.1) is 41.5 Å². The van der Waals surface area contributed by atoms with Gasteiger partial charge >= 0.3 is 18.2 Å². The zero-order valence-electron chi connectivity index (χ0n) is 27.2. The predicted octanol–water partition coefficient (Wildman–Crippen LogP) is 6.38. The van der Waals surface area contributed by atoms with Crippen molar-refractivity contribution in [1.82, 2.24) is 20.1 Å². The predicted molar refractivity (Wildman–Crippen MR) is 170 cm³/mol. The highest BCUT2D eigenvalue weighted by molar-refractivity contribution is 6.30. The monoisotopic (exact) mass is 694 g/mol. The van der Waals surface area contributed by atoms with Crippen molar-refractivity contribution in [2.24, 2.45) is 0 Å². The third-order valence-corrected chi connectivity index (χ3v) is 8.05. The molecular formula is C34H39ClF4N4O5. The number of alkyl halides is 3. The van der Waals surface area contributed by atoms with E-state index in [1.165, 1.54) is 30.3 Å². The molecule has 1 aromatic heterocycles. The maximum atomic E-state index is 15.0. The number of aromatic nitrogens is 1. The lowest BCUT2D eigenvalue weighted by Crippen LogP contribution is -2.61. The second-order valence-electron chi connectivity index (χ2n) is 12.5. The molecule has 4 rings (SSSR count). The van der Waals surface area contributed by atoms with Crippen LogP contribution in [0.2, 0.25) is 5.02 Å². The minimum Gasteiger partial charge on any atom is -0.469 e. The highest BCUT2D eigenvalue weighted by Gasteiger charge is 2.43. The minimum absolute atomic E-state index is 0.0372. The minimum atomic E-state index is -4.88. The second-order valence-corrected chi connectivity index (χ2v) is 12.9. The van der Waals surface area contributed by atoms with E-state index in [1.807, 2.05) is 25.7 Å². The molecule has 1 aliphatic heterocycles. The molecule has 0 aliphatic carbocycles. The number of urea groups is 1. The Hall–Kier alpha value is -3.78. The van der Waals surface area contributed by atoms with E-state index in [-0.39, 0.29) is 55.7 Å². The molecule has 1 aliphatic rings. The van der Waals surface area contributed by atoms with Crippen molar-refractivity contribution in [2.45, 2.75) is 57.0 Å². The Bertz CT molecular complexity index is 1540. The lowest BCUT2D eigenvalue weighted by atomic mass is 9.79. The van der Waals surface area contributed by atoms with E-state index >= 15 is 4.39 Å². The summed E-state index contributed by atoms with van der Waals surface area (Å²) in [6.45, 7) is 6.59. The molecule has 2 heterocycles. The van der Waals surface area contributed by atoms with Gasteiger partial charge in [0.1, 0.15) is 24.9 Å². The normalized spacial score (nSPS) is 17.1. The number of halogens is 5. The van der Waals surface area contributed by atoms with Gasteiger partial charge in [-0.25, -0.2) is 9.18 Å². The number of piperazine rings is 1. The molecule has 0 saturated carbocycles. The van der Waals surface area contributed by atoms with Gasteiger partial charge < -0.3 is 24.4 Å². The number of nitrogens with zero attached hydrogens (tertiary/aromatic N) is 3. The van der Waals surface area contributed by atoms with E-state index in [2.05, 4.69) is 10.3 Å². The molecule has 0 spiro atoms. The summed E-state index contributed by atoms with van der Waals surface area (Å²) in [6, 6.07) is 12.4. The highest BCUT2D eigenvalue weighted by Crippen LogP contribution is 2.38. The van der Waals surface area contributed by atoms with Crippen LogP contribution >= 0.6 is 11.6 Å². The summed E-state index contributed by atoms with van der Waals surface area (Å²) < 4.78 is 73.3. The number of benzene rings is 2. The van der Waals surface area contributed by atoms with Gasteiger partial charge in [0.2, 0.25) is 0 Å². The second kappa shape index (κ2) is 15.6. The Morgan fingerprint density at radius 2 is 1.73 bits per heavy atom. The SMILES string of the molecule is COC(=O)CC1CN(COCOC(C)(C)C)CCN1C(=O)N[C@](Cc1ccccc1)(c1cc(F)cc(C(F)(F)F)c1)c1ccc(Cl)cn1. The standard InChI is InChI=1S/C34H39ClF4N4O5/c1-32(2,3)48-22-47-21-42-12-13-43(28(20-42)17-30(44)46-4)31(45)41-33(18-23-8-6-5-7-9-23,29-11-10-26(35)19-40-29)24-14-25(34(37,38)39)16-27(36)15-24/h5-11,14-16,19,28H,12-13,17-18,20-22H2,1-4H3,(H,41,45)/t28?,33-/m1/s1. The summed E-state index contributed by atoms with van der Waals surface area (Å²) in [6.07, 6.45) is -3.84. The van der Waals surface area contributed by atoms with E-state index in [4.69, 9.17) is 25.8 Å². The van der Waals surface area contributed by atoms with Crippen LogP contribution in [-0.4, -0.2) is 78.7 Å². The molecular weight excluding hydrogens is 656 g/mol. The van der Waals surface area contributed by atoms with E-state index in [0.29, 0.717) is 18.2 Å².